The number of halogens is 1. The predicted molar refractivity (Wildman–Crippen MR) is 138 cm³/mol. The zero-order valence-electron chi connectivity index (χ0n) is 22.0. The fraction of sp³-hybridized carbons (Fsp3) is 0.897. The maximum atomic E-state index is 15.3. The zero-order chi connectivity index (χ0) is 23.9. The molecule has 0 bridgehead atoms. The molecule has 3 heteroatoms. The minimum Gasteiger partial charge on any atom is -0.425 e. The fourth-order valence-corrected chi connectivity index (χ4v) is 4.23. The van der Waals surface area contributed by atoms with E-state index in [0.29, 0.717) is 12.8 Å². The molecule has 32 heavy (non-hydrogen) atoms. The van der Waals surface area contributed by atoms with Crippen molar-refractivity contribution >= 4 is 5.97 Å². The van der Waals surface area contributed by atoms with Crippen molar-refractivity contribution in [3.8, 4) is 0 Å². The van der Waals surface area contributed by atoms with Crippen molar-refractivity contribution in [2.24, 2.45) is 0 Å². The molecule has 0 radical (unpaired) electrons. The van der Waals surface area contributed by atoms with Crippen LogP contribution in [0.2, 0.25) is 0 Å². The van der Waals surface area contributed by atoms with E-state index in [1.54, 1.807) is 6.92 Å². The van der Waals surface area contributed by atoms with Gasteiger partial charge in [0.25, 0.3) is 5.85 Å². The van der Waals surface area contributed by atoms with E-state index in [1.807, 2.05) is 0 Å². The number of hydrogen-bond acceptors (Lipinski definition) is 2. The first-order valence-corrected chi connectivity index (χ1v) is 14.0. The molecule has 2 nitrogen and oxygen atoms in total. The Labute approximate surface area is 200 Å². The van der Waals surface area contributed by atoms with Crippen LogP contribution in [0.15, 0.2) is 12.2 Å². The van der Waals surface area contributed by atoms with E-state index in [-0.39, 0.29) is 5.57 Å². The molecule has 0 amide bonds. The van der Waals surface area contributed by atoms with Crippen LogP contribution in [0.5, 0.6) is 0 Å². The summed E-state index contributed by atoms with van der Waals surface area (Å²) in [5.74, 6) is -2.42. The van der Waals surface area contributed by atoms with Crippen LogP contribution >= 0.6 is 0 Å². The van der Waals surface area contributed by atoms with Crippen molar-refractivity contribution in [1.82, 2.24) is 0 Å². The summed E-state index contributed by atoms with van der Waals surface area (Å²) in [5.41, 5.74) is 0.274. The van der Waals surface area contributed by atoms with Gasteiger partial charge in [-0.2, -0.15) is 4.39 Å². The first kappa shape index (κ1) is 31.1. The molecule has 0 saturated heterocycles. The van der Waals surface area contributed by atoms with Gasteiger partial charge in [0.1, 0.15) is 0 Å². The summed E-state index contributed by atoms with van der Waals surface area (Å²) in [4.78, 5) is 11.9. The largest absolute Gasteiger partial charge is 0.425 e. The van der Waals surface area contributed by atoms with Gasteiger partial charge in [0.05, 0.1) is 0 Å². The summed E-state index contributed by atoms with van der Waals surface area (Å²) in [5, 5.41) is 0. The molecule has 0 fully saturated rings. The van der Waals surface area contributed by atoms with Crippen LogP contribution in [-0.4, -0.2) is 11.8 Å². The smallest absolute Gasteiger partial charge is 0.335 e. The summed E-state index contributed by atoms with van der Waals surface area (Å²) < 4.78 is 20.6. The van der Waals surface area contributed by atoms with Crippen LogP contribution in [-0.2, 0) is 9.53 Å². The van der Waals surface area contributed by atoms with Gasteiger partial charge in [0.15, 0.2) is 0 Å². The second-order valence-electron chi connectivity index (χ2n) is 9.92. The first-order chi connectivity index (χ1) is 15.4. The van der Waals surface area contributed by atoms with E-state index < -0.39 is 11.8 Å². The number of esters is 1. The van der Waals surface area contributed by atoms with E-state index in [4.69, 9.17) is 4.74 Å². The molecule has 0 N–H and O–H groups in total. The molecule has 0 spiro atoms. The average molecular weight is 455 g/mol. The third-order valence-electron chi connectivity index (χ3n) is 6.43. The Bertz CT molecular complexity index is 448. The van der Waals surface area contributed by atoms with Crippen molar-refractivity contribution in [1.29, 1.82) is 0 Å². The molecule has 0 aliphatic rings. The molecule has 0 aliphatic heterocycles. The van der Waals surface area contributed by atoms with Gasteiger partial charge in [-0.25, -0.2) is 4.79 Å². The van der Waals surface area contributed by atoms with Crippen LogP contribution < -0.4 is 0 Å². The maximum absolute atomic E-state index is 15.3. The van der Waals surface area contributed by atoms with E-state index in [9.17, 15) is 4.79 Å². The summed E-state index contributed by atoms with van der Waals surface area (Å²) in [6.07, 6.45) is 25.1. The number of unbranched alkanes of at least 4 members (excludes halogenated alkanes) is 18. The number of carbonyl (C=O) groups excluding carboxylic acids is 1. The van der Waals surface area contributed by atoms with Gasteiger partial charge in [0.2, 0.25) is 0 Å². The molecule has 0 heterocycles. The lowest BCUT2D eigenvalue weighted by molar-refractivity contribution is -0.182. The normalized spacial score (nSPS) is 13.1. The molecule has 0 aliphatic carbocycles. The Morgan fingerprint density at radius 2 is 0.906 bits per heavy atom. The van der Waals surface area contributed by atoms with E-state index in [0.717, 1.165) is 38.5 Å². The minimum atomic E-state index is -1.82. The Kier molecular flexibility index (Phi) is 21.4. The zero-order valence-corrected chi connectivity index (χ0v) is 22.0. The standard InChI is InChI=1S/C29H55FO2/c1-5-7-9-11-13-14-15-16-17-18-19-20-22-24-26-29(30,32-28(31)27(3)4)25-23-21-12-10-8-6-2/h3,5-26H2,1-2,4H3. The van der Waals surface area contributed by atoms with Crippen molar-refractivity contribution in [3.05, 3.63) is 12.2 Å². The number of alkyl halides is 1. The Hall–Kier alpha value is -0.860. The highest BCUT2D eigenvalue weighted by molar-refractivity contribution is 5.87. The first-order valence-electron chi connectivity index (χ1n) is 14.0. The van der Waals surface area contributed by atoms with Gasteiger partial charge in [-0.3, -0.25) is 0 Å². The SMILES string of the molecule is C=C(C)C(=O)OC(F)(CCCCCCCC)CCCCCCCCCCCCCCCC. The van der Waals surface area contributed by atoms with Gasteiger partial charge in [-0.15, -0.1) is 0 Å². The Morgan fingerprint density at radius 3 is 1.19 bits per heavy atom. The van der Waals surface area contributed by atoms with Crippen LogP contribution in [0.1, 0.15) is 162 Å². The highest BCUT2D eigenvalue weighted by Gasteiger charge is 2.33. The number of hydrogen-bond donors (Lipinski definition) is 0. The molecule has 0 aromatic heterocycles. The van der Waals surface area contributed by atoms with Gasteiger partial charge < -0.3 is 4.74 Å². The van der Waals surface area contributed by atoms with Gasteiger partial charge in [-0.05, 0) is 19.8 Å². The van der Waals surface area contributed by atoms with Crippen LogP contribution in [0.4, 0.5) is 4.39 Å². The molecule has 0 aromatic rings. The Balaban J connectivity index is 3.88. The minimum absolute atomic E-state index is 0.274. The van der Waals surface area contributed by atoms with Crippen molar-refractivity contribution in [3.63, 3.8) is 0 Å². The molecule has 1 unspecified atom stereocenters. The molecule has 190 valence electrons. The van der Waals surface area contributed by atoms with Crippen molar-refractivity contribution in [2.45, 2.75) is 168 Å². The summed E-state index contributed by atoms with van der Waals surface area (Å²) in [7, 11) is 0. The lowest BCUT2D eigenvalue weighted by Crippen LogP contribution is -2.30. The molecule has 1 atom stereocenters. The lowest BCUT2D eigenvalue weighted by Gasteiger charge is -2.25. The number of carbonyl (C=O) groups is 1. The van der Waals surface area contributed by atoms with Crippen LogP contribution in [0.3, 0.4) is 0 Å². The molecule has 0 saturated carbocycles. The third-order valence-corrected chi connectivity index (χ3v) is 6.43. The highest BCUT2D eigenvalue weighted by atomic mass is 19.2. The average Bonchev–Trinajstić information content (AvgIpc) is 2.76. The third kappa shape index (κ3) is 19.8. The number of rotatable bonds is 24. The lowest BCUT2D eigenvalue weighted by atomic mass is 9.99. The highest BCUT2D eigenvalue weighted by Crippen LogP contribution is 2.30. The second kappa shape index (κ2) is 22.0. The van der Waals surface area contributed by atoms with Crippen molar-refractivity contribution < 1.29 is 13.9 Å². The Morgan fingerprint density at radius 1 is 0.625 bits per heavy atom. The number of ether oxygens (including phenoxy) is 1. The second-order valence-corrected chi connectivity index (χ2v) is 9.92. The van der Waals surface area contributed by atoms with E-state index >= 15 is 4.39 Å². The van der Waals surface area contributed by atoms with Crippen LogP contribution in [0, 0.1) is 0 Å². The fourth-order valence-electron chi connectivity index (χ4n) is 4.23. The van der Waals surface area contributed by atoms with E-state index in [2.05, 4.69) is 20.4 Å². The predicted octanol–water partition coefficient (Wildman–Crippen LogP) is 10.4. The molecular formula is C29H55FO2. The summed E-state index contributed by atoms with van der Waals surface area (Å²) >= 11 is 0. The monoisotopic (exact) mass is 454 g/mol. The quantitative estimate of drug-likeness (QED) is 0.0823. The van der Waals surface area contributed by atoms with Gasteiger partial charge in [0, 0.05) is 18.4 Å². The van der Waals surface area contributed by atoms with Gasteiger partial charge in [-0.1, -0.05) is 136 Å². The molecule has 0 rings (SSSR count). The molecule has 0 aromatic carbocycles. The van der Waals surface area contributed by atoms with Crippen molar-refractivity contribution in [2.75, 3.05) is 0 Å². The van der Waals surface area contributed by atoms with Gasteiger partial charge >= 0.3 is 5.97 Å². The van der Waals surface area contributed by atoms with E-state index in [1.165, 1.54) is 89.9 Å². The maximum Gasteiger partial charge on any atom is 0.335 e. The summed E-state index contributed by atoms with van der Waals surface area (Å²) in [6, 6.07) is 0. The topological polar surface area (TPSA) is 26.3 Å². The molecular weight excluding hydrogens is 399 g/mol. The van der Waals surface area contributed by atoms with Crippen LogP contribution in [0.25, 0.3) is 0 Å². The summed E-state index contributed by atoms with van der Waals surface area (Å²) in [6.45, 7) is 9.65.